The Labute approximate surface area is 375 Å². The van der Waals surface area contributed by atoms with Gasteiger partial charge >= 0.3 is 15.2 Å². The quantitative estimate of drug-likeness (QED) is 0.0185. The van der Waals surface area contributed by atoms with Gasteiger partial charge in [0, 0.05) is 72.5 Å². The number of nitrogens with zero attached hydrogens (tertiary/aromatic N) is 2. The number of anilines is 1. The summed E-state index contributed by atoms with van der Waals surface area (Å²) in [7, 11) is -15.5. The molecule has 2 heterocycles. The van der Waals surface area contributed by atoms with E-state index in [0.29, 0.717) is 32.4 Å². The lowest BCUT2D eigenvalue weighted by Gasteiger charge is -2.29. The highest BCUT2D eigenvalue weighted by Gasteiger charge is 2.58. The summed E-state index contributed by atoms with van der Waals surface area (Å²) in [5.74, 6) is -0.626. The van der Waals surface area contributed by atoms with Crippen molar-refractivity contribution in [3.63, 3.8) is 0 Å². The molecule has 16 heteroatoms. The molecule has 2 aliphatic heterocycles. The number of unbranched alkanes of at least 4 members (excludes halogenated alkanes) is 2. The molecule has 0 spiro atoms. The zero-order valence-electron chi connectivity index (χ0n) is 36.6. The van der Waals surface area contributed by atoms with Crippen LogP contribution in [0.1, 0.15) is 90.2 Å². The third kappa shape index (κ3) is 10.4. The second-order valence-electron chi connectivity index (χ2n) is 17.7. The SMILES string of the molecule is CC1(C)C(/C=C/C=C/C=C/C=C2\N(CCCCC(=O)CCCC(O)(P(=O)(O)O)P(=O)(O)O)c3ccc4ccccc4c3C2(C)C)=[N+](CCCCS(=O)(=O)[O-])c2ccc3ccccc3c21. The van der Waals surface area contributed by atoms with Crippen molar-refractivity contribution >= 4 is 69.7 Å². The highest BCUT2D eigenvalue weighted by molar-refractivity contribution is 7.85. The second kappa shape index (κ2) is 19.3. The summed E-state index contributed by atoms with van der Waals surface area (Å²) in [6, 6.07) is 25.0. The van der Waals surface area contributed by atoms with E-state index in [1.807, 2.05) is 54.6 Å². The lowest BCUT2D eigenvalue weighted by atomic mass is 9.79. The summed E-state index contributed by atoms with van der Waals surface area (Å²) < 4.78 is 59.6. The fourth-order valence-electron chi connectivity index (χ4n) is 9.29. The summed E-state index contributed by atoms with van der Waals surface area (Å²) >= 11 is 0. The number of aliphatic hydroxyl groups is 1. The number of hydrogen-bond donors (Lipinski definition) is 5. The van der Waals surface area contributed by atoms with Gasteiger partial charge in [-0.1, -0.05) is 98.8 Å². The van der Waals surface area contributed by atoms with E-state index in [4.69, 9.17) is 0 Å². The molecule has 0 bridgehead atoms. The Balaban J connectivity index is 1.17. The van der Waals surface area contributed by atoms with Crippen LogP contribution in [0.4, 0.5) is 11.4 Å². The normalized spacial score (nSPS) is 17.3. The van der Waals surface area contributed by atoms with Gasteiger partial charge in [-0.05, 0) is 84.8 Å². The summed E-state index contributed by atoms with van der Waals surface area (Å²) in [5, 5.41) is 11.2. The van der Waals surface area contributed by atoms with Crippen molar-refractivity contribution in [1.29, 1.82) is 0 Å². The highest BCUT2D eigenvalue weighted by Crippen LogP contribution is 2.69. The van der Waals surface area contributed by atoms with Crippen molar-refractivity contribution in [3.8, 4) is 0 Å². The Morgan fingerprint density at radius 2 is 1.31 bits per heavy atom. The molecule has 0 fully saturated rings. The van der Waals surface area contributed by atoms with Crippen LogP contribution in [0, 0.1) is 0 Å². The van der Waals surface area contributed by atoms with E-state index in [1.54, 1.807) is 0 Å². The number of carbonyl (C=O) groups is 1. The minimum absolute atomic E-state index is 0.159. The molecule has 13 nitrogen and oxygen atoms in total. The number of rotatable bonds is 20. The number of allylic oxidation sites excluding steroid dienone is 8. The van der Waals surface area contributed by atoms with Gasteiger partial charge in [-0.3, -0.25) is 13.9 Å². The molecule has 0 amide bonds. The average molecular weight is 933 g/mol. The van der Waals surface area contributed by atoms with Crippen molar-refractivity contribution in [1.82, 2.24) is 0 Å². The van der Waals surface area contributed by atoms with Crippen LogP contribution in [0.25, 0.3) is 21.5 Å². The fraction of sp³-hybridized carbons (Fsp3) is 0.375. The van der Waals surface area contributed by atoms with Crippen molar-refractivity contribution in [2.24, 2.45) is 0 Å². The van der Waals surface area contributed by atoms with E-state index >= 15 is 0 Å². The van der Waals surface area contributed by atoms with Crippen LogP contribution < -0.4 is 4.90 Å². The van der Waals surface area contributed by atoms with E-state index in [2.05, 4.69) is 97.9 Å². The minimum atomic E-state index is -5.58. The standard InChI is InChI=1S/C48H58N2O11P2S/c1-46(2)42(25-8-6-5-7-9-26-43-47(3,4)45-39-24-13-11-20-36(39)28-30-41(45)50(43)33-16-17-34-64(59,60)61)49(40-29-27-35-19-10-12-23-38(35)44(40)46)32-15-14-21-37(51)22-18-31-48(52,62(53,54)55)63(56,57)58/h5-13,19-20,23-30,52H,14-18,21-22,31-34H2,1-4H3,(H4-,53,54,55,56,57,58,59,60,61). The summed E-state index contributed by atoms with van der Waals surface area (Å²) in [6.45, 7) is 9.96. The van der Waals surface area contributed by atoms with Gasteiger partial charge in [-0.25, -0.2) is 8.42 Å². The van der Waals surface area contributed by atoms with Gasteiger partial charge in [0.15, 0.2) is 5.71 Å². The van der Waals surface area contributed by atoms with Crippen molar-refractivity contribution in [2.75, 3.05) is 23.7 Å². The number of Topliss-reactive ketones (excluding diaryl/α,β-unsaturated/α-hetero) is 1. The number of benzene rings is 4. The molecular weight excluding hydrogens is 875 g/mol. The first-order valence-corrected chi connectivity index (χ1v) is 26.3. The van der Waals surface area contributed by atoms with E-state index in [1.165, 1.54) is 11.1 Å². The first kappa shape index (κ1) is 49.1. The lowest BCUT2D eigenvalue weighted by Crippen LogP contribution is -2.28. The van der Waals surface area contributed by atoms with Gasteiger partial charge in [-0.2, -0.15) is 4.58 Å². The fourth-order valence-corrected chi connectivity index (χ4v) is 12.1. The third-order valence-electron chi connectivity index (χ3n) is 12.5. The molecular formula is C48H58N2O11P2S. The van der Waals surface area contributed by atoms with Crippen LogP contribution in [0.15, 0.2) is 121 Å². The second-order valence-corrected chi connectivity index (χ2v) is 23.2. The van der Waals surface area contributed by atoms with Gasteiger partial charge in [0.05, 0.1) is 15.5 Å². The maximum Gasteiger partial charge on any atom is 0.369 e. The maximum absolute atomic E-state index is 12.7. The molecule has 4 aromatic carbocycles. The van der Waals surface area contributed by atoms with Crippen LogP contribution in [-0.4, -0.2) is 77.6 Å². The molecule has 5 N–H and O–H groups in total. The monoisotopic (exact) mass is 932 g/mol. The smallest absolute Gasteiger partial charge is 0.369 e. The zero-order chi connectivity index (χ0) is 46.7. The average Bonchev–Trinajstić information content (AvgIpc) is 3.57. The van der Waals surface area contributed by atoms with Crippen molar-refractivity contribution in [3.05, 3.63) is 132 Å². The predicted octanol–water partition coefficient (Wildman–Crippen LogP) is 8.96. The van der Waals surface area contributed by atoms with Gasteiger partial charge in [0.25, 0.3) is 5.08 Å². The Hall–Kier alpha value is -4.33. The first-order valence-electron chi connectivity index (χ1n) is 21.5. The van der Waals surface area contributed by atoms with Gasteiger partial charge in [0.2, 0.25) is 5.69 Å². The van der Waals surface area contributed by atoms with Gasteiger partial charge in [0.1, 0.15) is 12.3 Å². The Morgan fingerprint density at radius 3 is 1.95 bits per heavy atom. The highest BCUT2D eigenvalue weighted by atomic mass is 32.2. The summed E-state index contributed by atoms with van der Waals surface area (Å²) in [6.07, 6.45) is 14.8. The van der Waals surface area contributed by atoms with E-state index in [0.717, 1.165) is 44.3 Å². The largest absolute Gasteiger partial charge is 0.748 e. The molecule has 0 aromatic heterocycles. The van der Waals surface area contributed by atoms with Crippen LogP contribution in [-0.2, 0) is 34.9 Å². The van der Waals surface area contributed by atoms with Crippen LogP contribution >= 0.6 is 15.2 Å². The molecule has 6 rings (SSSR count). The zero-order valence-corrected chi connectivity index (χ0v) is 39.2. The molecule has 0 unspecified atom stereocenters. The molecule has 0 radical (unpaired) electrons. The lowest BCUT2D eigenvalue weighted by molar-refractivity contribution is -0.438. The molecule has 4 aromatic rings. The predicted molar refractivity (Wildman–Crippen MR) is 252 cm³/mol. The van der Waals surface area contributed by atoms with E-state index in [9.17, 15) is 51.6 Å². The number of carbonyl (C=O) groups excluding carboxylic acids is 1. The van der Waals surface area contributed by atoms with Crippen LogP contribution in [0.3, 0.4) is 0 Å². The first-order chi connectivity index (χ1) is 30.0. The van der Waals surface area contributed by atoms with Gasteiger partial charge < -0.3 is 34.1 Å². The Kier molecular flexibility index (Phi) is 14.8. The topological polar surface area (TPSA) is 216 Å². The van der Waals surface area contributed by atoms with Crippen molar-refractivity contribution < 1.29 is 56.2 Å². The number of ketones is 1. The minimum Gasteiger partial charge on any atom is -0.748 e. The van der Waals surface area contributed by atoms with Crippen molar-refractivity contribution in [2.45, 2.75) is 95.0 Å². The van der Waals surface area contributed by atoms with Crippen LogP contribution in [0.5, 0.6) is 0 Å². The van der Waals surface area contributed by atoms with Gasteiger partial charge in [-0.15, -0.1) is 0 Å². The van der Waals surface area contributed by atoms with Crippen LogP contribution in [0.2, 0.25) is 0 Å². The molecule has 0 aliphatic carbocycles. The molecule has 0 atom stereocenters. The third-order valence-corrected chi connectivity index (χ3v) is 17.1. The molecule has 0 saturated heterocycles. The molecule has 64 heavy (non-hydrogen) atoms. The number of hydrogen-bond acceptors (Lipinski definition) is 8. The Morgan fingerprint density at radius 1 is 0.734 bits per heavy atom. The summed E-state index contributed by atoms with van der Waals surface area (Å²) in [4.78, 5) is 52.6. The van der Waals surface area contributed by atoms with E-state index < -0.39 is 42.6 Å². The summed E-state index contributed by atoms with van der Waals surface area (Å²) in [5.41, 5.74) is 5.97. The molecule has 0 saturated carbocycles. The molecule has 2 aliphatic rings. The Bertz CT molecular complexity index is 2770. The van der Waals surface area contributed by atoms with E-state index in [-0.39, 0.29) is 42.3 Å². The molecule has 342 valence electrons. The number of fused-ring (bicyclic) bond motifs is 6. The maximum atomic E-state index is 12.7.